The number of hydrogen-bond donors (Lipinski definition) is 1. The lowest BCUT2D eigenvalue weighted by Crippen LogP contribution is -2.43. The molecule has 2 fully saturated rings. The maximum Gasteiger partial charge on any atom is 0.309 e. The summed E-state index contributed by atoms with van der Waals surface area (Å²) < 4.78 is 16.9. The molecule has 1 unspecified atom stereocenters. The Balaban J connectivity index is 1.34. The van der Waals surface area contributed by atoms with E-state index in [-0.39, 0.29) is 24.5 Å². The maximum atomic E-state index is 12.9. The molecule has 0 radical (unpaired) electrons. The number of hydrogen-bond acceptors (Lipinski definition) is 5. The molecule has 7 nitrogen and oxygen atoms in total. The average molecular weight is 399 g/mol. The lowest BCUT2D eigenvalue weighted by atomic mass is 9.84. The van der Waals surface area contributed by atoms with Gasteiger partial charge in [-0.3, -0.25) is 9.59 Å². The summed E-state index contributed by atoms with van der Waals surface area (Å²) in [4.78, 5) is 26.1. The van der Waals surface area contributed by atoms with Gasteiger partial charge in [-0.1, -0.05) is 18.2 Å². The third kappa shape index (κ3) is 4.29. The lowest BCUT2D eigenvalue weighted by molar-refractivity contribution is -0.145. The summed E-state index contributed by atoms with van der Waals surface area (Å²) in [7, 11) is 0. The summed E-state index contributed by atoms with van der Waals surface area (Å²) in [5.41, 5.74) is 0.714. The topological polar surface area (TPSA) is 89.2 Å². The monoisotopic (exact) mass is 399 g/mol. The van der Waals surface area contributed by atoms with Crippen LogP contribution in [-0.4, -0.2) is 47.7 Å². The summed E-state index contributed by atoms with van der Waals surface area (Å²) >= 11 is 0. The van der Waals surface area contributed by atoms with Crippen molar-refractivity contribution in [2.45, 2.75) is 32.0 Å². The van der Waals surface area contributed by atoms with Crippen LogP contribution in [0.4, 0.5) is 0 Å². The fraction of sp³-hybridized carbons (Fsp3) is 0.455. The molecule has 1 aromatic carbocycles. The number of carboxylic acid groups (broad SMARTS) is 1. The number of furan rings is 1. The summed E-state index contributed by atoms with van der Waals surface area (Å²) in [6.45, 7) is 1.89. The predicted octanol–water partition coefficient (Wildman–Crippen LogP) is 3.20. The molecule has 0 aliphatic carbocycles. The van der Waals surface area contributed by atoms with Gasteiger partial charge in [0.15, 0.2) is 5.76 Å². The highest BCUT2D eigenvalue weighted by Crippen LogP contribution is 2.33. The average Bonchev–Trinajstić information content (AvgIpc) is 3.42. The van der Waals surface area contributed by atoms with Crippen molar-refractivity contribution < 1.29 is 28.6 Å². The van der Waals surface area contributed by atoms with Crippen LogP contribution in [0.5, 0.6) is 5.75 Å². The van der Waals surface area contributed by atoms with E-state index in [1.165, 1.54) is 6.26 Å². The van der Waals surface area contributed by atoms with E-state index in [1.54, 1.807) is 11.0 Å². The zero-order chi connectivity index (χ0) is 20.2. The van der Waals surface area contributed by atoms with Crippen LogP contribution in [0.15, 0.2) is 47.1 Å². The number of carboxylic acids is 1. The Labute approximate surface area is 169 Å². The van der Waals surface area contributed by atoms with Gasteiger partial charge in [0.1, 0.15) is 12.4 Å². The van der Waals surface area contributed by atoms with Crippen LogP contribution in [0.2, 0.25) is 0 Å². The molecule has 0 saturated carbocycles. The van der Waals surface area contributed by atoms with E-state index < -0.39 is 11.9 Å². The first-order chi connectivity index (χ1) is 14.1. The van der Waals surface area contributed by atoms with Crippen LogP contribution in [0.25, 0.3) is 0 Å². The van der Waals surface area contributed by atoms with E-state index in [1.807, 2.05) is 30.3 Å². The minimum absolute atomic E-state index is 0.151. The van der Waals surface area contributed by atoms with Gasteiger partial charge in [0.2, 0.25) is 0 Å². The molecule has 1 aromatic heterocycles. The van der Waals surface area contributed by atoms with Crippen molar-refractivity contribution in [2.24, 2.45) is 11.8 Å². The number of benzene rings is 1. The normalized spacial score (nSPS) is 22.6. The largest absolute Gasteiger partial charge is 0.489 e. The Kier molecular flexibility index (Phi) is 5.85. The highest BCUT2D eigenvalue weighted by molar-refractivity contribution is 5.93. The van der Waals surface area contributed by atoms with Gasteiger partial charge in [-0.15, -0.1) is 0 Å². The molecule has 29 heavy (non-hydrogen) atoms. The van der Waals surface area contributed by atoms with E-state index in [0.29, 0.717) is 37.4 Å². The summed E-state index contributed by atoms with van der Waals surface area (Å²) in [5.74, 6) is -0.168. The molecule has 1 amide bonds. The van der Waals surface area contributed by atoms with Crippen LogP contribution in [0.1, 0.15) is 35.4 Å². The van der Waals surface area contributed by atoms with Gasteiger partial charge in [-0.2, -0.15) is 0 Å². The van der Waals surface area contributed by atoms with Crippen LogP contribution in [0, 0.1) is 11.8 Å². The number of carbonyl (C=O) groups is 2. The number of para-hydroxylation sites is 1. The van der Waals surface area contributed by atoms with Crippen molar-refractivity contribution in [2.75, 3.05) is 19.7 Å². The number of aliphatic carboxylic acids is 1. The summed E-state index contributed by atoms with van der Waals surface area (Å²) in [6.07, 6.45) is 3.29. The quantitative estimate of drug-likeness (QED) is 0.802. The molecule has 0 bridgehead atoms. The standard InChI is InChI=1S/C22H25NO6/c24-21(20-16(8-12-28-20)14-29-17-4-2-1-3-5-17)23-10-6-15(7-11-23)19-18(22(25)26)9-13-27-19/h1-5,8,12,15,18-19H,6-7,9-11,13-14H2,(H,25,26)/t18?,19-/m0/s1. The molecular formula is C22H25NO6. The van der Waals surface area contributed by atoms with Gasteiger partial charge < -0.3 is 23.9 Å². The van der Waals surface area contributed by atoms with E-state index >= 15 is 0 Å². The van der Waals surface area contributed by atoms with Crippen LogP contribution in [0.3, 0.4) is 0 Å². The third-order valence-corrected chi connectivity index (χ3v) is 5.82. The Hall–Kier alpha value is -2.80. The lowest BCUT2D eigenvalue weighted by Gasteiger charge is -2.35. The van der Waals surface area contributed by atoms with Crippen molar-refractivity contribution in [1.82, 2.24) is 4.90 Å². The molecular weight excluding hydrogens is 374 g/mol. The predicted molar refractivity (Wildman–Crippen MR) is 104 cm³/mol. The molecule has 2 atom stereocenters. The second-order valence-electron chi connectivity index (χ2n) is 7.58. The maximum absolute atomic E-state index is 12.9. The fourth-order valence-electron chi connectivity index (χ4n) is 4.23. The molecule has 2 aromatic rings. The minimum Gasteiger partial charge on any atom is -0.489 e. The summed E-state index contributed by atoms with van der Waals surface area (Å²) in [6, 6.07) is 11.2. The van der Waals surface area contributed by atoms with Gasteiger partial charge in [-0.05, 0) is 43.4 Å². The zero-order valence-electron chi connectivity index (χ0n) is 16.2. The van der Waals surface area contributed by atoms with Gasteiger partial charge in [0.05, 0.1) is 18.3 Å². The minimum atomic E-state index is -0.787. The number of carbonyl (C=O) groups excluding carboxylic acids is 1. The third-order valence-electron chi connectivity index (χ3n) is 5.82. The van der Waals surface area contributed by atoms with E-state index in [4.69, 9.17) is 13.9 Å². The first-order valence-corrected chi connectivity index (χ1v) is 10.0. The number of piperidine rings is 1. The van der Waals surface area contributed by atoms with Gasteiger partial charge in [0.25, 0.3) is 5.91 Å². The molecule has 154 valence electrons. The molecule has 3 heterocycles. The number of amides is 1. The number of nitrogens with zero attached hydrogens (tertiary/aromatic N) is 1. The van der Waals surface area contributed by atoms with Crippen LogP contribution < -0.4 is 4.74 Å². The van der Waals surface area contributed by atoms with Crippen molar-refractivity contribution in [3.63, 3.8) is 0 Å². The molecule has 2 aliphatic heterocycles. The molecule has 1 N–H and O–H groups in total. The molecule has 2 aliphatic rings. The first kappa shape index (κ1) is 19.5. The van der Waals surface area contributed by atoms with Gasteiger partial charge in [0, 0.05) is 25.3 Å². The Morgan fingerprint density at radius 3 is 2.59 bits per heavy atom. The van der Waals surface area contributed by atoms with E-state index in [9.17, 15) is 14.7 Å². The van der Waals surface area contributed by atoms with Gasteiger partial charge >= 0.3 is 5.97 Å². The van der Waals surface area contributed by atoms with Crippen LogP contribution >= 0.6 is 0 Å². The number of ether oxygens (including phenoxy) is 2. The van der Waals surface area contributed by atoms with Crippen molar-refractivity contribution >= 4 is 11.9 Å². The first-order valence-electron chi connectivity index (χ1n) is 10.0. The van der Waals surface area contributed by atoms with E-state index in [0.717, 1.165) is 18.6 Å². The Morgan fingerprint density at radius 1 is 1.10 bits per heavy atom. The molecule has 4 rings (SSSR count). The second-order valence-corrected chi connectivity index (χ2v) is 7.58. The van der Waals surface area contributed by atoms with Gasteiger partial charge in [-0.25, -0.2) is 0 Å². The zero-order valence-corrected chi connectivity index (χ0v) is 16.2. The highest BCUT2D eigenvalue weighted by atomic mass is 16.5. The number of likely N-dealkylation sites (tertiary alicyclic amines) is 1. The second kappa shape index (κ2) is 8.69. The van der Waals surface area contributed by atoms with Crippen molar-refractivity contribution in [3.05, 3.63) is 54.0 Å². The smallest absolute Gasteiger partial charge is 0.309 e. The fourth-order valence-corrected chi connectivity index (χ4v) is 4.23. The highest BCUT2D eigenvalue weighted by Gasteiger charge is 2.41. The van der Waals surface area contributed by atoms with Crippen molar-refractivity contribution in [3.8, 4) is 5.75 Å². The summed E-state index contributed by atoms with van der Waals surface area (Å²) in [5, 5.41) is 9.37. The molecule has 2 saturated heterocycles. The Morgan fingerprint density at radius 2 is 1.86 bits per heavy atom. The Bertz CT molecular complexity index is 840. The van der Waals surface area contributed by atoms with Crippen molar-refractivity contribution in [1.29, 1.82) is 0 Å². The molecule has 7 heteroatoms. The van der Waals surface area contributed by atoms with E-state index in [2.05, 4.69) is 0 Å². The SMILES string of the molecule is O=C(O)C1CCO[C@H]1C1CCN(C(=O)c2occc2COc2ccccc2)CC1. The number of rotatable bonds is 6. The molecule has 0 spiro atoms. The van der Waals surface area contributed by atoms with Crippen LogP contribution in [-0.2, 0) is 16.1 Å².